The summed E-state index contributed by atoms with van der Waals surface area (Å²) in [5, 5.41) is 15.6. The highest BCUT2D eigenvalue weighted by molar-refractivity contribution is 9.11. The van der Waals surface area contributed by atoms with E-state index in [1.807, 2.05) is 30.3 Å². The molecule has 5 nitrogen and oxygen atoms in total. The van der Waals surface area contributed by atoms with E-state index in [0.29, 0.717) is 11.3 Å². The van der Waals surface area contributed by atoms with Crippen molar-refractivity contribution in [3.8, 4) is 0 Å². The van der Waals surface area contributed by atoms with Crippen LogP contribution in [-0.2, 0) is 4.79 Å². The van der Waals surface area contributed by atoms with Crippen molar-refractivity contribution in [3.05, 3.63) is 85.3 Å². The van der Waals surface area contributed by atoms with E-state index in [1.165, 1.54) is 24.3 Å². The molecule has 0 aliphatic heterocycles. The van der Waals surface area contributed by atoms with Crippen LogP contribution in [0.25, 0.3) is 16.8 Å². The van der Waals surface area contributed by atoms with Gasteiger partial charge in [-0.3, -0.25) is 14.9 Å². The lowest BCUT2D eigenvalue weighted by atomic mass is 10.1. The van der Waals surface area contributed by atoms with Crippen molar-refractivity contribution in [2.24, 2.45) is 0 Å². The molecule has 0 saturated heterocycles. The highest BCUT2D eigenvalue weighted by Crippen LogP contribution is 2.33. The number of nitrogens with one attached hydrogen (secondary N) is 1. The molecule has 3 aromatic rings. The number of rotatable bonds is 4. The molecule has 0 atom stereocenters. The van der Waals surface area contributed by atoms with Crippen LogP contribution >= 0.6 is 31.9 Å². The summed E-state index contributed by atoms with van der Waals surface area (Å²) in [7, 11) is 0. The van der Waals surface area contributed by atoms with Gasteiger partial charge in [-0.05, 0) is 56.5 Å². The molecule has 0 fully saturated rings. The molecule has 0 heterocycles. The maximum Gasteiger partial charge on any atom is 0.270 e. The number of fused-ring (bicyclic) bond motifs is 1. The van der Waals surface area contributed by atoms with E-state index in [2.05, 4.69) is 37.2 Å². The van der Waals surface area contributed by atoms with Gasteiger partial charge in [0.05, 0.1) is 10.6 Å². The third-order valence-corrected chi connectivity index (χ3v) is 5.03. The number of carbonyl (C=O) groups excluding carboxylic acids is 1. The zero-order valence-electron chi connectivity index (χ0n) is 13.3. The summed E-state index contributed by atoms with van der Waals surface area (Å²) in [6, 6.07) is 15.7. The van der Waals surface area contributed by atoms with Gasteiger partial charge in [0.2, 0.25) is 5.91 Å². The molecule has 0 bridgehead atoms. The number of nitro groups is 1. The molecule has 130 valence electrons. The van der Waals surface area contributed by atoms with Crippen LogP contribution in [0.2, 0.25) is 0 Å². The predicted molar refractivity (Wildman–Crippen MR) is 110 cm³/mol. The van der Waals surface area contributed by atoms with Crippen molar-refractivity contribution in [1.29, 1.82) is 0 Å². The molecule has 0 aromatic heterocycles. The molecule has 3 aromatic carbocycles. The Balaban J connectivity index is 1.79. The fraction of sp³-hybridized carbons (Fsp3) is 0. The zero-order valence-corrected chi connectivity index (χ0v) is 16.5. The lowest BCUT2D eigenvalue weighted by Gasteiger charge is -2.09. The summed E-state index contributed by atoms with van der Waals surface area (Å²) in [5.41, 5.74) is 1.21. The number of anilines is 1. The van der Waals surface area contributed by atoms with Gasteiger partial charge in [-0.25, -0.2) is 0 Å². The Morgan fingerprint density at radius 2 is 1.88 bits per heavy atom. The highest BCUT2D eigenvalue weighted by Gasteiger charge is 2.08. The van der Waals surface area contributed by atoms with Gasteiger partial charge in [0, 0.05) is 27.2 Å². The van der Waals surface area contributed by atoms with Gasteiger partial charge in [-0.15, -0.1) is 0 Å². The monoisotopic (exact) mass is 474 g/mol. The molecule has 1 N–H and O–H groups in total. The minimum atomic E-state index is -0.470. The highest BCUT2D eigenvalue weighted by atomic mass is 79.9. The van der Waals surface area contributed by atoms with Crippen LogP contribution in [-0.4, -0.2) is 10.8 Å². The van der Waals surface area contributed by atoms with Crippen LogP contribution in [0.1, 0.15) is 5.56 Å². The molecule has 0 aliphatic rings. The van der Waals surface area contributed by atoms with Gasteiger partial charge >= 0.3 is 0 Å². The maximum absolute atomic E-state index is 12.2. The number of nitrogens with zero attached hydrogens (tertiary/aromatic N) is 1. The second-order valence-electron chi connectivity index (χ2n) is 5.47. The molecular formula is C19H12Br2N2O3. The predicted octanol–water partition coefficient (Wildman–Crippen LogP) is 5.92. The summed E-state index contributed by atoms with van der Waals surface area (Å²) >= 11 is 6.96. The maximum atomic E-state index is 12.2. The van der Waals surface area contributed by atoms with E-state index in [1.54, 1.807) is 12.1 Å². The molecule has 7 heteroatoms. The minimum Gasteiger partial charge on any atom is -0.321 e. The van der Waals surface area contributed by atoms with Crippen LogP contribution in [0.5, 0.6) is 0 Å². The molecular weight excluding hydrogens is 464 g/mol. The number of nitro benzene ring substituents is 1. The van der Waals surface area contributed by atoms with Gasteiger partial charge in [0.1, 0.15) is 0 Å². The van der Waals surface area contributed by atoms with E-state index in [-0.39, 0.29) is 11.6 Å². The van der Waals surface area contributed by atoms with Gasteiger partial charge < -0.3 is 5.32 Å². The number of non-ortho nitro benzene ring substituents is 1. The molecule has 26 heavy (non-hydrogen) atoms. The summed E-state index contributed by atoms with van der Waals surface area (Å²) in [5.74, 6) is -0.325. The Morgan fingerprint density at radius 1 is 1.08 bits per heavy atom. The Kier molecular flexibility index (Phi) is 5.49. The third kappa shape index (κ3) is 4.17. The molecule has 0 aliphatic carbocycles. The first-order valence-electron chi connectivity index (χ1n) is 7.55. The first-order chi connectivity index (χ1) is 12.4. The van der Waals surface area contributed by atoms with E-state index in [0.717, 1.165) is 19.7 Å². The lowest BCUT2D eigenvalue weighted by Crippen LogP contribution is -2.08. The van der Waals surface area contributed by atoms with Crippen LogP contribution in [0.15, 0.2) is 69.6 Å². The standard InChI is InChI=1S/C19H12Br2N2O3/c20-14-6-7-16-13(11-14)5-8-17(19(16)21)22-18(24)9-4-12-2-1-3-15(10-12)23(25)26/h1-11H,(H,22,24). The van der Waals surface area contributed by atoms with Crippen LogP contribution in [0, 0.1) is 10.1 Å². The second kappa shape index (κ2) is 7.80. The van der Waals surface area contributed by atoms with Crippen LogP contribution in [0.3, 0.4) is 0 Å². The summed E-state index contributed by atoms with van der Waals surface area (Å²) in [6.07, 6.45) is 2.88. The number of hydrogen-bond donors (Lipinski definition) is 1. The number of benzene rings is 3. The first-order valence-corrected chi connectivity index (χ1v) is 9.14. The average Bonchev–Trinajstić information content (AvgIpc) is 2.62. The van der Waals surface area contributed by atoms with Crippen molar-refractivity contribution < 1.29 is 9.72 Å². The van der Waals surface area contributed by atoms with Gasteiger partial charge in [-0.1, -0.05) is 40.2 Å². The van der Waals surface area contributed by atoms with Crippen molar-refractivity contribution >= 4 is 66.0 Å². The smallest absolute Gasteiger partial charge is 0.270 e. The normalized spacial score (nSPS) is 11.0. The summed E-state index contributed by atoms with van der Waals surface area (Å²) < 4.78 is 1.77. The van der Waals surface area contributed by atoms with Crippen molar-refractivity contribution in [2.45, 2.75) is 0 Å². The summed E-state index contributed by atoms with van der Waals surface area (Å²) in [6.45, 7) is 0. The first kappa shape index (κ1) is 18.3. The van der Waals surface area contributed by atoms with Crippen molar-refractivity contribution in [3.63, 3.8) is 0 Å². The average molecular weight is 476 g/mol. The molecule has 0 spiro atoms. The van der Waals surface area contributed by atoms with Gasteiger partial charge in [0.25, 0.3) is 5.69 Å². The quantitative estimate of drug-likeness (QED) is 0.289. The lowest BCUT2D eigenvalue weighted by molar-refractivity contribution is -0.384. The largest absolute Gasteiger partial charge is 0.321 e. The van der Waals surface area contributed by atoms with E-state index in [4.69, 9.17) is 0 Å². The van der Waals surface area contributed by atoms with Gasteiger partial charge in [0.15, 0.2) is 0 Å². The van der Waals surface area contributed by atoms with Crippen LogP contribution < -0.4 is 5.32 Å². The van der Waals surface area contributed by atoms with E-state index in [9.17, 15) is 14.9 Å². The third-order valence-electron chi connectivity index (χ3n) is 3.68. The van der Waals surface area contributed by atoms with Gasteiger partial charge in [-0.2, -0.15) is 0 Å². The van der Waals surface area contributed by atoms with Crippen molar-refractivity contribution in [2.75, 3.05) is 5.32 Å². The number of carbonyl (C=O) groups is 1. The number of amides is 1. The number of hydrogen-bond acceptors (Lipinski definition) is 3. The fourth-order valence-corrected chi connectivity index (χ4v) is 3.42. The Bertz CT molecular complexity index is 1050. The molecule has 0 unspecified atom stereocenters. The summed E-state index contributed by atoms with van der Waals surface area (Å²) in [4.78, 5) is 22.5. The molecule has 3 rings (SSSR count). The molecule has 1 amide bonds. The SMILES string of the molecule is O=C(C=Cc1cccc([N+](=O)[O-])c1)Nc1ccc2cc(Br)ccc2c1Br. The van der Waals surface area contributed by atoms with E-state index < -0.39 is 4.92 Å². The van der Waals surface area contributed by atoms with Crippen molar-refractivity contribution in [1.82, 2.24) is 0 Å². The Morgan fingerprint density at radius 3 is 2.65 bits per heavy atom. The molecule has 0 radical (unpaired) electrons. The number of halogens is 2. The zero-order chi connectivity index (χ0) is 18.7. The molecule has 0 saturated carbocycles. The fourth-order valence-electron chi connectivity index (χ4n) is 2.45. The van der Waals surface area contributed by atoms with Crippen LogP contribution in [0.4, 0.5) is 11.4 Å². The van der Waals surface area contributed by atoms with E-state index >= 15 is 0 Å². The Labute approximate surface area is 166 Å². The Hall–Kier alpha value is -2.51. The topological polar surface area (TPSA) is 72.2 Å². The minimum absolute atomic E-state index is 0.0176. The second-order valence-corrected chi connectivity index (χ2v) is 7.18.